The molecule has 148 valence electrons. The molecule has 0 unspecified atom stereocenters. The topological polar surface area (TPSA) is 83.3 Å². The van der Waals surface area contributed by atoms with E-state index in [1.807, 2.05) is 30.7 Å². The predicted molar refractivity (Wildman–Crippen MR) is 113 cm³/mol. The number of hydrogen-bond donors (Lipinski definition) is 3. The number of aromatic nitrogens is 2. The zero-order valence-corrected chi connectivity index (χ0v) is 16.5. The summed E-state index contributed by atoms with van der Waals surface area (Å²) in [7, 11) is 0. The molecule has 0 fully saturated rings. The van der Waals surface area contributed by atoms with Crippen LogP contribution in [0.5, 0.6) is 0 Å². The van der Waals surface area contributed by atoms with Crippen LogP contribution >= 0.6 is 0 Å². The largest absolute Gasteiger partial charge is 0.306 e. The van der Waals surface area contributed by atoms with Crippen LogP contribution in [0.15, 0.2) is 66.3 Å². The molecule has 29 heavy (non-hydrogen) atoms. The van der Waals surface area contributed by atoms with Crippen molar-refractivity contribution in [3.05, 3.63) is 72.3 Å². The SMILES string of the molecule is CC(C)C(=O)CCc1cc(C2=NNNN2)ccc1-c1ccc(-n2ccnc2)cc1. The standard InChI is InChI=1S/C22H24N6O/c1-15(2)21(29)10-6-17-13-18(22-24-26-27-25-22)5-9-20(17)16-3-7-19(8-4-16)28-12-11-23-14-28/h3-5,7-9,11-15,26-27H,6,10H2,1-2H3,(H,24,25). The molecule has 0 radical (unpaired) electrons. The molecule has 4 rings (SSSR count). The fourth-order valence-electron chi connectivity index (χ4n) is 3.34. The molecule has 7 nitrogen and oxygen atoms in total. The Kier molecular flexibility index (Phi) is 5.39. The van der Waals surface area contributed by atoms with Gasteiger partial charge in [0.25, 0.3) is 0 Å². The van der Waals surface area contributed by atoms with Gasteiger partial charge in [0.05, 0.1) is 6.33 Å². The molecule has 2 heterocycles. The van der Waals surface area contributed by atoms with Crippen molar-refractivity contribution < 1.29 is 4.79 Å². The molecule has 0 bridgehead atoms. The van der Waals surface area contributed by atoms with E-state index in [1.165, 1.54) is 0 Å². The molecule has 0 saturated heterocycles. The van der Waals surface area contributed by atoms with E-state index >= 15 is 0 Å². The van der Waals surface area contributed by atoms with E-state index in [0.717, 1.165) is 33.8 Å². The van der Waals surface area contributed by atoms with Crippen LogP contribution in [0.2, 0.25) is 0 Å². The molecular weight excluding hydrogens is 364 g/mol. The number of rotatable bonds is 7. The normalized spacial score (nSPS) is 13.1. The number of aryl methyl sites for hydroxylation is 1. The van der Waals surface area contributed by atoms with Crippen LogP contribution in [-0.2, 0) is 11.2 Å². The third kappa shape index (κ3) is 4.20. The molecule has 1 aliphatic heterocycles. The van der Waals surface area contributed by atoms with Crippen LogP contribution < -0.4 is 16.5 Å². The molecule has 1 aromatic heterocycles. The Morgan fingerprint density at radius 2 is 1.90 bits per heavy atom. The van der Waals surface area contributed by atoms with Crippen LogP contribution in [0, 0.1) is 5.92 Å². The molecule has 3 aromatic rings. The van der Waals surface area contributed by atoms with Crippen LogP contribution in [0.3, 0.4) is 0 Å². The quantitative estimate of drug-likeness (QED) is 0.580. The number of imidazole rings is 1. The third-order valence-electron chi connectivity index (χ3n) is 5.05. The van der Waals surface area contributed by atoms with E-state index in [-0.39, 0.29) is 11.7 Å². The first-order valence-corrected chi connectivity index (χ1v) is 9.70. The minimum atomic E-state index is 0.0466. The lowest BCUT2D eigenvalue weighted by atomic mass is 9.92. The van der Waals surface area contributed by atoms with Gasteiger partial charge in [0, 0.05) is 36.0 Å². The number of carbonyl (C=O) groups excluding carboxylic acids is 1. The summed E-state index contributed by atoms with van der Waals surface area (Å²) in [6.07, 6.45) is 6.68. The van der Waals surface area contributed by atoms with Gasteiger partial charge in [0.15, 0.2) is 5.84 Å². The van der Waals surface area contributed by atoms with Crippen molar-refractivity contribution in [3.8, 4) is 16.8 Å². The van der Waals surface area contributed by atoms with Gasteiger partial charge in [-0.25, -0.2) is 10.5 Å². The monoisotopic (exact) mass is 388 g/mol. The van der Waals surface area contributed by atoms with Gasteiger partial charge in [0.1, 0.15) is 5.78 Å². The second kappa shape index (κ2) is 8.28. The summed E-state index contributed by atoms with van der Waals surface area (Å²) in [5.41, 5.74) is 13.8. The predicted octanol–water partition coefficient (Wildman–Crippen LogP) is 2.97. The maximum atomic E-state index is 12.2. The zero-order chi connectivity index (χ0) is 20.2. The zero-order valence-electron chi connectivity index (χ0n) is 16.5. The molecule has 0 amide bonds. The molecular formula is C22H24N6O. The highest BCUT2D eigenvalue weighted by Crippen LogP contribution is 2.27. The summed E-state index contributed by atoms with van der Waals surface area (Å²) in [5, 5.41) is 4.18. The number of hydrazone groups is 1. The van der Waals surface area contributed by atoms with Crippen molar-refractivity contribution in [1.29, 1.82) is 0 Å². The summed E-state index contributed by atoms with van der Waals surface area (Å²) in [4.78, 5) is 16.3. The average Bonchev–Trinajstić information content (AvgIpc) is 3.46. The molecule has 0 spiro atoms. The Morgan fingerprint density at radius 3 is 2.55 bits per heavy atom. The number of nitrogens with one attached hydrogen (secondary N) is 3. The maximum Gasteiger partial charge on any atom is 0.170 e. The fraction of sp³-hybridized carbons (Fsp3) is 0.227. The lowest BCUT2D eigenvalue weighted by Crippen LogP contribution is -2.35. The first kappa shape index (κ1) is 18.9. The molecule has 1 aliphatic rings. The first-order valence-electron chi connectivity index (χ1n) is 9.70. The van der Waals surface area contributed by atoms with Crippen LogP contribution in [0.1, 0.15) is 31.4 Å². The van der Waals surface area contributed by atoms with Crippen molar-refractivity contribution in [1.82, 2.24) is 26.0 Å². The van der Waals surface area contributed by atoms with Crippen LogP contribution in [0.4, 0.5) is 0 Å². The smallest absolute Gasteiger partial charge is 0.170 e. The third-order valence-corrected chi connectivity index (χ3v) is 5.05. The van der Waals surface area contributed by atoms with Crippen molar-refractivity contribution in [2.75, 3.05) is 0 Å². The summed E-state index contributed by atoms with van der Waals surface area (Å²) in [6.45, 7) is 3.89. The molecule has 7 heteroatoms. The molecule has 2 aromatic carbocycles. The van der Waals surface area contributed by atoms with Gasteiger partial charge < -0.3 is 4.57 Å². The van der Waals surface area contributed by atoms with E-state index in [9.17, 15) is 4.79 Å². The number of benzene rings is 2. The van der Waals surface area contributed by atoms with Gasteiger partial charge in [0.2, 0.25) is 0 Å². The van der Waals surface area contributed by atoms with Gasteiger partial charge >= 0.3 is 0 Å². The number of amidine groups is 1. The average molecular weight is 388 g/mol. The number of carbonyl (C=O) groups is 1. The lowest BCUT2D eigenvalue weighted by Gasteiger charge is -2.13. The van der Waals surface area contributed by atoms with Crippen LogP contribution in [-0.4, -0.2) is 21.2 Å². The minimum Gasteiger partial charge on any atom is -0.306 e. The van der Waals surface area contributed by atoms with Gasteiger partial charge in [-0.2, -0.15) is 0 Å². The number of nitrogens with zero attached hydrogens (tertiary/aromatic N) is 3. The summed E-state index contributed by atoms with van der Waals surface area (Å²) < 4.78 is 1.97. The second-order valence-corrected chi connectivity index (χ2v) is 7.33. The van der Waals surface area contributed by atoms with Crippen LogP contribution in [0.25, 0.3) is 16.8 Å². The van der Waals surface area contributed by atoms with Gasteiger partial charge in [-0.1, -0.05) is 38.1 Å². The van der Waals surface area contributed by atoms with Crippen molar-refractivity contribution >= 4 is 11.6 Å². The Bertz CT molecular complexity index is 1020. The van der Waals surface area contributed by atoms with E-state index < -0.39 is 0 Å². The van der Waals surface area contributed by atoms with E-state index in [0.29, 0.717) is 12.8 Å². The van der Waals surface area contributed by atoms with Crippen molar-refractivity contribution in [2.24, 2.45) is 11.0 Å². The second-order valence-electron chi connectivity index (χ2n) is 7.33. The molecule has 3 N–H and O–H groups in total. The van der Waals surface area contributed by atoms with E-state index in [2.05, 4.69) is 63.0 Å². The molecule has 0 aliphatic carbocycles. The highest BCUT2D eigenvalue weighted by molar-refractivity contribution is 5.99. The van der Waals surface area contributed by atoms with Crippen molar-refractivity contribution in [2.45, 2.75) is 26.7 Å². The fourth-order valence-corrected chi connectivity index (χ4v) is 3.34. The Morgan fingerprint density at radius 1 is 1.10 bits per heavy atom. The first-order chi connectivity index (χ1) is 14.1. The summed E-state index contributed by atoms with van der Waals surface area (Å²) in [6, 6.07) is 14.6. The lowest BCUT2D eigenvalue weighted by molar-refractivity contribution is -0.121. The van der Waals surface area contributed by atoms with Crippen molar-refractivity contribution in [3.63, 3.8) is 0 Å². The van der Waals surface area contributed by atoms with E-state index in [4.69, 9.17) is 0 Å². The Balaban J connectivity index is 1.66. The van der Waals surface area contributed by atoms with Gasteiger partial charge in [-0.3, -0.25) is 10.2 Å². The number of hydrazine groups is 2. The summed E-state index contributed by atoms with van der Waals surface area (Å²) >= 11 is 0. The van der Waals surface area contributed by atoms with Gasteiger partial charge in [-0.05, 0) is 41.3 Å². The highest BCUT2D eigenvalue weighted by atomic mass is 16.1. The summed E-state index contributed by atoms with van der Waals surface area (Å²) in [5.74, 6) is 1.05. The minimum absolute atomic E-state index is 0.0466. The molecule has 0 atom stereocenters. The Labute approximate surface area is 169 Å². The highest BCUT2D eigenvalue weighted by Gasteiger charge is 2.14. The number of hydrogen-bond acceptors (Lipinski definition) is 6. The molecule has 0 saturated carbocycles. The maximum absolute atomic E-state index is 12.2. The Hall–Kier alpha value is -3.45. The number of Topliss-reactive ketones (excluding diaryl/α,β-unsaturated/α-hetero) is 1. The van der Waals surface area contributed by atoms with E-state index in [1.54, 1.807) is 12.5 Å². The number of ketones is 1. The van der Waals surface area contributed by atoms with Gasteiger partial charge in [-0.15, -0.1) is 10.6 Å².